The second kappa shape index (κ2) is 21.9. The van der Waals surface area contributed by atoms with Gasteiger partial charge in [-0.2, -0.15) is 0 Å². The van der Waals surface area contributed by atoms with Gasteiger partial charge in [0.15, 0.2) is 17.2 Å². The van der Waals surface area contributed by atoms with Crippen LogP contribution in [0, 0.1) is 23.7 Å². The molecule has 2 saturated heterocycles. The van der Waals surface area contributed by atoms with E-state index in [1.165, 1.54) is 51.0 Å². The minimum Gasteiger partial charge on any atom is -0.459 e. The first-order chi connectivity index (χ1) is 30.6. The third-order valence-corrected chi connectivity index (χ3v) is 14.5. The number of nitrogens with zero attached hydrogens (tertiary/aromatic N) is 5. The number of likely N-dealkylation sites (N-methyl/N-ethyl adjacent to an activating group) is 1. The molecule has 0 radical (unpaired) electrons. The Morgan fingerprint density at radius 2 is 1.74 bits per heavy atom. The summed E-state index contributed by atoms with van der Waals surface area (Å²) in [6.45, 7) is 12.4. The number of aliphatic hydroxyl groups is 3. The minimum atomic E-state index is -2.00. The molecule has 0 aliphatic carbocycles. The second-order valence-corrected chi connectivity index (χ2v) is 19.4. The average Bonchev–Trinajstić information content (AvgIpc) is 3.96. The number of nitrogen functional groups attached to an aromatic ring is 1. The zero-order valence-electron chi connectivity index (χ0n) is 39.4. The predicted octanol–water partition coefficient (Wildman–Crippen LogP) is 4.53. The van der Waals surface area contributed by atoms with Crippen molar-refractivity contribution in [3.63, 3.8) is 0 Å². The fourth-order valence-electron chi connectivity index (χ4n) is 9.47. The molecule has 0 amide bonds. The molecule has 2 aliphatic heterocycles. The van der Waals surface area contributed by atoms with Gasteiger partial charge >= 0.3 is 5.97 Å². The van der Waals surface area contributed by atoms with Crippen LogP contribution in [0.3, 0.4) is 0 Å². The fourth-order valence-corrected chi connectivity index (χ4v) is 10.2. The van der Waals surface area contributed by atoms with E-state index in [2.05, 4.69) is 15.3 Å². The lowest BCUT2D eigenvalue weighted by Crippen LogP contribution is -2.60. The summed E-state index contributed by atoms with van der Waals surface area (Å²) in [6, 6.07) is 6.29. The molecule has 17 nitrogen and oxygen atoms in total. The van der Waals surface area contributed by atoms with Gasteiger partial charge in [-0.15, -0.1) is 5.10 Å². The number of ether oxygens (including phenoxy) is 5. The summed E-state index contributed by atoms with van der Waals surface area (Å²) in [5.41, 5.74) is 4.73. The molecule has 5 N–H and O–H groups in total. The summed E-state index contributed by atoms with van der Waals surface area (Å²) in [5.74, 6) is -6.01. The summed E-state index contributed by atoms with van der Waals surface area (Å²) in [6.07, 6.45) is -3.17. The molecular formula is C46H69FN6O11S. The third-order valence-electron chi connectivity index (χ3n) is 13.6. The first-order valence-corrected chi connectivity index (χ1v) is 23.2. The summed E-state index contributed by atoms with van der Waals surface area (Å²) in [7, 11) is 4.80. The number of esters is 1. The van der Waals surface area contributed by atoms with Crippen LogP contribution in [0.15, 0.2) is 36.7 Å². The molecule has 1 aromatic carbocycles. The number of anilines is 1. The zero-order chi connectivity index (χ0) is 48.1. The van der Waals surface area contributed by atoms with Crippen LogP contribution in [0.1, 0.15) is 98.1 Å². The van der Waals surface area contributed by atoms with Crippen molar-refractivity contribution < 1.29 is 57.8 Å². The van der Waals surface area contributed by atoms with E-state index in [1.807, 2.05) is 43.1 Å². The maximum Gasteiger partial charge on any atom is 0.316 e. The van der Waals surface area contributed by atoms with Crippen molar-refractivity contribution in [3.05, 3.63) is 47.9 Å². The Balaban J connectivity index is 1.33. The topological polar surface area (TPSA) is 231 Å². The Morgan fingerprint density at radius 3 is 2.32 bits per heavy atom. The van der Waals surface area contributed by atoms with Crippen LogP contribution in [-0.2, 0) is 44.5 Å². The Morgan fingerprint density at radius 1 is 1.06 bits per heavy atom. The van der Waals surface area contributed by atoms with Crippen LogP contribution in [0.2, 0.25) is 0 Å². The second-order valence-electron chi connectivity index (χ2n) is 18.4. The van der Waals surface area contributed by atoms with Crippen molar-refractivity contribution in [1.82, 2.24) is 24.9 Å². The number of hydrogen-bond donors (Lipinski definition) is 4. The van der Waals surface area contributed by atoms with Crippen LogP contribution >= 0.6 is 11.3 Å². The van der Waals surface area contributed by atoms with E-state index in [0.717, 1.165) is 16.0 Å². The van der Waals surface area contributed by atoms with Gasteiger partial charge in [-0.25, -0.2) is 14.1 Å². The van der Waals surface area contributed by atoms with Gasteiger partial charge in [-0.05, 0) is 65.1 Å². The number of aromatic nitrogens is 4. The number of aliphatic hydroxyl groups excluding tert-OH is 2. The number of halogens is 1. The van der Waals surface area contributed by atoms with Gasteiger partial charge in [0.2, 0.25) is 0 Å². The van der Waals surface area contributed by atoms with Gasteiger partial charge in [-0.3, -0.25) is 14.4 Å². The fraction of sp³-hybridized carbons (Fsp3) is 0.696. The Kier molecular flexibility index (Phi) is 17.6. The van der Waals surface area contributed by atoms with E-state index in [1.54, 1.807) is 40.1 Å². The average molecular weight is 933 g/mol. The van der Waals surface area contributed by atoms with E-state index >= 15 is 0 Å². The zero-order valence-corrected chi connectivity index (χ0v) is 40.2. The number of benzene rings is 1. The molecule has 2 aromatic heterocycles. The molecule has 5 rings (SSSR count). The number of Topliss-reactive ketones (excluding diaryl/α,β-unsaturated/α-hetero) is 2. The molecule has 0 saturated carbocycles. The van der Waals surface area contributed by atoms with E-state index in [9.17, 15) is 34.1 Å². The summed E-state index contributed by atoms with van der Waals surface area (Å²) in [4.78, 5) is 48.6. The molecule has 15 atom stereocenters. The molecule has 0 unspecified atom stereocenters. The molecule has 3 aromatic rings. The van der Waals surface area contributed by atoms with Crippen molar-refractivity contribution >= 4 is 34.0 Å². The molecule has 19 heteroatoms. The Hall–Kier alpha value is -3.79. The number of carbonyl (C=O) groups is 3. The summed E-state index contributed by atoms with van der Waals surface area (Å²) < 4.78 is 46.7. The third kappa shape index (κ3) is 11.5. The maximum atomic E-state index is 14.8. The van der Waals surface area contributed by atoms with Gasteiger partial charge in [0.1, 0.15) is 48.3 Å². The van der Waals surface area contributed by atoms with Gasteiger partial charge in [0.05, 0.1) is 34.5 Å². The van der Waals surface area contributed by atoms with E-state index in [0.29, 0.717) is 30.2 Å². The van der Waals surface area contributed by atoms with Crippen LogP contribution in [0.4, 0.5) is 9.52 Å². The van der Waals surface area contributed by atoms with Gasteiger partial charge in [0, 0.05) is 63.4 Å². The summed E-state index contributed by atoms with van der Waals surface area (Å²) in [5, 5.41) is 43.8. The number of nitrogens with two attached hydrogens (primary N) is 1. The monoisotopic (exact) mass is 932 g/mol. The van der Waals surface area contributed by atoms with Crippen LogP contribution in [-0.4, -0.2) is 146 Å². The van der Waals surface area contributed by atoms with Crippen molar-refractivity contribution in [2.75, 3.05) is 40.2 Å². The number of hydrogen-bond acceptors (Lipinski definition) is 17. The number of methoxy groups -OCH3 is 2. The smallest absolute Gasteiger partial charge is 0.316 e. The van der Waals surface area contributed by atoms with Crippen LogP contribution in [0.5, 0.6) is 0 Å². The van der Waals surface area contributed by atoms with Crippen molar-refractivity contribution in [2.45, 2.75) is 147 Å². The highest BCUT2D eigenvalue weighted by Crippen LogP contribution is 2.39. The highest BCUT2D eigenvalue weighted by molar-refractivity contribution is 7.18. The first kappa shape index (κ1) is 52.2. The number of rotatable bonds is 14. The normalized spacial score (nSPS) is 34.3. The van der Waals surface area contributed by atoms with E-state index < -0.39 is 108 Å². The highest BCUT2D eigenvalue weighted by Gasteiger charge is 2.52. The minimum absolute atomic E-state index is 0.0202. The van der Waals surface area contributed by atoms with Crippen LogP contribution in [0.25, 0.3) is 10.4 Å². The molecule has 2 aliphatic rings. The lowest BCUT2D eigenvalue weighted by Gasteiger charge is -2.47. The van der Waals surface area contributed by atoms with E-state index in [4.69, 9.17) is 29.4 Å². The van der Waals surface area contributed by atoms with Gasteiger partial charge in [0.25, 0.3) is 0 Å². The molecule has 0 bridgehead atoms. The Bertz CT molecular complexity index is 2050. The lowest BCUT2D eigenvalue weighted by molar-refractivity contribution is -0.296. The number of thiazole rings is 1. The Labute approximate surface area is 385 Å². The van der Waals surface area contributed by atoms with E-state index in [-0.39, 0.29) is 18.6 Å². The maximum absolute atomic E-state index is 14.8. The van der Waals surface area contributed by atoms with Crippen molar-refractivity contribution in [3.8, 4) is 10.4 Å². The standard InChI is InChI=1S/C46H69FN6O11S/c1-12-35-46(8,59)40(57)26(4)36(54)24(2)20-45(7,61-11)41(27(5)37(55)28(6)42(58)63-35)64-43-38(56)32(19-25(3)62-43)52(9)18-17-31-23-53(51-50-31)33(21-47)39(60-10)30-15-13-29(14-16-30)34-22-49-44(48)65-34/h13-16,22-28,32-33,35,38-41,43,56-57,59H,12,17-21H2,1-11H3,(H2,48,49)/t24-,25-,26+,27+,28-,32+,33-,35-,38-,39-,40-,41-,43+,45-,46-/m1/s1. The SMILES string of the molecule is CC[C@H]1OC(=O)[C@H](C)C(=O)[C@H](C)[C@@H](O[C@@H]2O[C@H](C)C[C@H](N(C)CCc3cn([C@H](CF)[C@H](OC)c4ccc(-c5cnc(N)s5)cc4)nn3)[C@H]2O)[C@](C)(OC)C[C@@H](C)C(=O)[C@H](C)[C@@H](O)[C@]1(C)O. The van der Waals surface area contributed by atoms with Crippen molar-refractivity contribution in [1.29, 1.82) is 0 Å². The highest BCUT2D eigenvalue weighted by atomic mass is 32.1. The quantitative estimate of drug-likeness (QED) is 0.129. The van der Waals surface area contributed by atoms with Crippen LogP contribution < -0.4 is 5.73 Å². The molecular weight excluding hydrogens is 864 g/mol. The number of cyclic esters (lactones) is 1. The largest absolute Gasteiger partial charge is 0.459 e. The van der Waals surface area contributed by atoms with Gasteiger partial charge in [-0.1, -0.05) is 68.5 Å². The molecule has 2 fully saturated rings. The van der Waals surface area contributed by atoms with Crippen molar-refractivity contribution in [2.24, 2.45) is 23.7 Å². The molecule has 362 valence electrons. The van der Waals surface area contributed by atoms with Gasteiger partial charge < -0.3 is 49.6 Å². The number of ketones is 2. The number of carbonyl (C=O) groups excluding carboxylic acids is 3. The molecule has 4 heterocycles. The number of alkyl halides is 1. The lowest BCUT2D eigenvalue weighted by atomic mass is 9.74. The summed E-state index contributed by atoms with van der Waals surface area (Å²) >= 11 is 1.37. The predicted molar refractivity (Wildman–Crippen MR) is 240 cm³/mol. The molecule has 0 spiro atoms. The molecule has 65 heavy (non-hydrogen) atoms. The first-order valence-electron chi connectivity index (χ1n) is 22.4.